The van der Waals surface area contributed by atoms with Gasteiger partial charge in [-0.05, 0) is 37.3 Å². The number of nitrogens with one attached hydrogen (secondary N) is 1. The molecule has 31 heavy (non-hydrogen) atoms. The summed E-state index contributed by atoms with van der Waals surface area (Å²) >= 11 is 0. The van der Waals surface area contributed by atoms with Gasteiger partial charge in [0, 0.05) is 23.1 Å². The number of aryl methyl sites for hydroxylation is 1. The van der Waals surface area contributed by atoms with Crippen LogP contribution in [0.1, 0.15) is 28.0 Å². The molecule has 0 radical (unpaired) electrons. The average Bonchev–Trinajstić information content (AvgIpc) is 3.24. The summed E-state index contributed by atoms with van der Waals surface area (Å²) < 4.78 is 12.1. The van der Waals surface area contributed by atoms with Crippen LogP contribution in [0.3, 0.4) is 0 Å². The molecule has 1 amide bonds. The Labute approximate surface area is 177 Å². The number of aromatic nitrogens is 4. The summed E-state index contributed by atoms with van der Waals surface area (Å²) in [6.45, 7) is 1.81. The maximum absolute atomic E-state index is 13.0. The Morgan fingerprint density at radius 1 is 1.03 bits per heavy atom. The first-order valence-electron chi connectivity index (χ1n) is 9.44. The van der Waals surface area contributed by atoms with Gasteiger partial charge in [-0.3, -0.25) is 4.79 Å². The lowest BCUT2D eigenvalue weighted by Gasteiger charge is -2.17. The Morgan fingerprint density at radius 3 is 2.45 bits per heavy atom. The van der Waals surface area contributed by atoms with E-state index >= 15 is 0 Å². The van der Waals surface area contributed by atoms with Crippen LogP contribution in [-0.2, 0) is 9.53 Å². The number of anilines is 1. The monoisotopic (exact) mass is 417 g/mol. The van der Waals surface area contributed by atoms with Crippen molar-refractivity contribution in [3.05, 3.63) is 83.9 Å². The Morgan fingerprint density at radius 2 is 1.77 bits per heavy atom. The highest BCUT2D eigenvalue weighted by Gasteiger charge is 2.28. The second kappa shape index (κ2) is 8.62. The molecule has 4 rings (SSSR count). The molecule has 9 nitrogen and oxygen atoms in total. The third-order valence-electron chi connectivity index (χ3n) is 4.54. The number of fused-ring (bicyclic) bond motifs is 1. The quantitative estimate of drug-likeness (QED) is 0.481. The van der Waals surface area contributed by atoms with Gasteiger partial charge in [-0.1, -0.05) is 30.3 Å². The van der Waals surface area contributed by atoms with Crippen LogP contribution in [0.4, 0.5) is 5.69 Å². The molecule has 0 aliphatic rings. The zero-order valence-electron chi connectivity index (χ0n) is 16.9. The van der Waals surface area contributed by atoms with E-state index in [1.54, 1.807) is 67.9 Å². The van der Waals surface area contributed by atoms with E-state index in [1.807, 2.05) is 13.0 Å². The molecule has 0 aliphatic heterocycles. The number of esters is 1. The van der Waals surface area contributed by atoms with Crippen LogP contribution in [0.15, 0.2) is 66.9 Å². The largest absolute Gasteiger partial charge is 0.497 e. The number of carbonyl (C=O) groups is 2. The first-order valence-corrected chi connectivity index (χ1v) is 9.44. The Hall–Kier alpha value is -4.27. The molecule has 2 heterocycles. The predicted octanol–water partition coefficient (Wildman–Crippen LogP) is 2.98. The molecule has 2 aromatic carbocycles. The maximum atomic E-state index is 13.0. The van der Waals surface area contributed by atoms with Gasteiger partial charge in [0.25, 0.3) is 17.5 Å². The van der Waals surface area contributed by atoms with E-state index in [4.69, 9.17) is 9.47 Å². The molecule has 4 aromatic rings. The van der Waals surface area contributed by atoms with Crippen molar-refractivity contribution in [2.75, 3.05) is 12.4 Å². The molecule has 0 bridgehead atoms. The molecule has 2 aromatic heterocycles. The summed E-state index contributed by atoms with van der Waals surface area (Å²) in [6, 6.07) is 17.3. The maximum Gasteiger partial charge on any atom is 0.379 e. The lowest BCUT2D eigenvalue weighted by atomic mass is 10.1. The Balaban J connectivity index is 1.59. The summed E-state index contributed by atoms with van der Waals surface area (Å²) in [7, 11) is 1.56. The minimum atomic E-state index is -1.20. The minimum Gasteiger partial charge on any atom is -0.497 e. The molecular weight excluding hydrogens is 398 g/mol. The van der Waals surface area contributed by atoms with Crippen LogP contribution in [-0.4, -0.2) is 38.6 Å². The van der Waals surface area contributed by atoms with Crippen molar-refractivity contribution >= 4 is 23.3 Å². The lowest BCUT2D eigenvalue weighted by molar-refractivity contribution is -0.125. The molecule has 0 aliphatic carbocycles. The fourth-order valence-electron chi connectivity index (χ4n) is 2.94. The van der Waals surface area contributed by atoms with Crippen molar-refractivity contribution in [1.29, 1.82) is 0 Å². The van der Waals surface area contributed by atoms with Gasteiger partial charge < -0.3 is 14.8 Å². The molecule has 0 spiro atoms. The highest BCUT2D eigenvalue weighted by molar-refractivity contribution is 5.97. The van der Waals surface area contributed by atoms with Gasteiger partial charge >= 0.3 is 5.97 Å². The molecule has 1 atom stereocenters. The molecular formula is C22H19N5O4. The van der Waals surface area contributed by atoms with Crippen molar-refractivity contribution in [2.24, 2.45) is 0 Å². The van der Waals surface area contributed by atoms with Gasteiger partial charge in [0.15, 0.2) is 0 Å². The minimum absolute atomic E-state index is 0.181. The normalized spacial score (nSPS) is 11.7. The van der Waals surface area contributed by atoms with Gasteiger partial charge in [-0.2, -0.15) is 4.98 Å². The van der Waals surface area contributed by atoms with Crippen molar-refractivity contribution in [3.8, 4) is 5.75 Å². The van der Waals surface area contributed by atoms with Crippen molar-refractivity contribution in [3.63, 3.8) is 0 Å². The van der Waals surface area contributed by atoms with E-state index in [0.717, 1.165) is 5.69 Å². The zero-order chi connectivity index (χ0) is 21.8. The lowest BCUT2D eigenvalue weighted by Crippen LogP contribution is -2.26. The SMILES string of the molecule is COc1ccc(NC(=O)[C@H](OC(=O)c2nc3nccc(C)n3n2)c2ccccc2)cc1. The number of carbonyl (C=O) groups excluding carboxylic acids is 2. The van der Waals surface area contributed by atoms with Crippen LogP contribution >= 0.6 is 0 Å². The smallest absolute Gasteiger partial charge is 0.379 e. The van der Waals surface area contributed by atoms with Gasteiger partial charge in [0.2, 0.25) is 6.10 Å². The standard InChI is InChI=1S/C22H19N5O4/c1-14-12-13-23-22-25-19(26-27(14)22)21(29)31-18(15-6-4-3-5-7-15)20(28)24-16-8-10-17(30-2)11-9-16/h3-13,18H,1-2H3,(H,24,28)/t18-/m1/s1. The predicted molar refractivity (Wildman–Crippen MR) is 112 cm³/mol. The van der Waals surface area contributed by atoms with Crippen LogP contribution in [0.5, 0.6) is 5.75 Å². The van der Waals surface area contributed by atoms with E-state index in [9.17, 15) is 9.59 Å². The van der Waals surface area contributed by atoms with E-state index in [1.165, 1.54) is 4.52 Å². The van der Waals surface area contributed by atoms with Crippen molar-refractivity contribution in [2.45, 2.75) is 13.0 Å². The highest BCUT2D eigenvalue weighted by atomic mass is 16.5. The molecule has 0 unspecified atom stereocenters. The molecule has 0 saturated heterocycles. The molecule has 9 heteroatoms. The van der Waals surface area contributed by atoms with Crippen LogP contribution in [0.2, 0.25) is 0 Å². The second-order valence-electron chi connectivity index (χ2n) is 6.65. The third-order valence-corrected chi connectivity index (χ3v) is 4.54. The fourth-order valence-corrected chi connectivity index (χ4v) is 2.94. The molecule has 0 saturated carbocycles. The van der Waals surface area contributed by atoms with Crippen LogP contribution < -0.4 is 10.1 Å². The third kappa shape index (κ3) is 4.35. The highest BCUT2D eigenvalue weighted by Crippen LogP contribution is 2.22. The van der Waals surface area contributed by atoms with Gasteiger partial charge in [0.1, 0.15) is 5.75 Å². The topological polar surface area (TPSA) is 108 Å². The Bertz CT molecular complexity index is 1220. The van der Waals surface area contributed by atoms with Gasteiger partial charge in [0.05, 0.1) is 7.11 Å². The number of hydrogen-bond donors (Lipinski definition) is 1. The number of ether oxygens (including phenoxy) is 2. The van der Waals surface area contributed by atoms with Crippen LogP contribution in [0, 0.1) is 6.92 Å². The van der Waals surface area contributed by atoms with E-state index in [2.05, 4.69) is 20.4 Å². The average molecular weight is 417 g/mol. The first kappa shape index (κ1) is 20.0. The molecule has 0 fully saturated rings. The Kier molecular flexibility index (Phi) is 5.57. The summed E-state index contributed by atoms with van der Waals surface area (Å²) in [5, 5.41) is 6.90. The van der Waals surface area contributed by atoms with E-state index in [-0.39, 0.29) is 11.6 Å². The van der Waals surface area contributed by atoms with Crippen molar-refractivity contribution < 1.29 is 19.1 Å². The van der Waals surface area contributed by atoms with Gasteiger partial charge in [-0.25, -0.2) is 14.3 Å². The number of methoxy groups -OCH3 is 1. The number of benzene rings is 2. The number of amides is 1. The zero-order valence-corrected chi connectivity index (χ0v) is 16.9. The summed E-state index contributed by atoms with van der Waals surface area (Å²) in [5.74, 6) is -0.594. The summed E-state index contributed by atoms with van der Waals surface area (Å²) in [5.41, 5.74) is 1.81. The summed E-state index contributed by atoms with van der Waals surface area (Å²) in [4.78, 5) is 33.9. The second-order valence-corrected chi connectivity index (χ2v) is 6.65. The van der Waals surface area contributed by atoms with E-state index < -0.39 is 18.0 Å². The number of rotatable bonds is 6. The summed E-state index contributed by atoms with van der Waals surface area (Å²) in [6.07, 6.45) is 0.375. The van der Waals surface area contributed by atoms with Crippen molar-refractivity contribution in [1.82, 2.24) is 19.6 Å². The number of nitrogens with zero attached hydrogens (tertiary/aromatic N) is 4. The fraction of sp³-hybridized carbons (Fsp3) is 0.136. The first-order chi connectivity index (χ1) is 15.0. The van der Waals surface area contributed by atoms with Crippen LogP contribution in [0.25, 0.3) is 5.78 Å². The molecule has 156 valence electrons. The molecule has 1 N–H and O–H groups in total. The van der Waals surface area contributed by atoms with Gasteiger partial charge in [-0.15, -0.1) is 5.10 Å². The van der Waals surface area contributed by atoms with E-state index in [0.29, 0.717) is 17.0 Å². The number of hydrogen-bond acceptors (Lipinski definition) is 7.